The van der Waals surface area contributed by atoms with E-state index in [0.29, 0.717) is 0 Å². The van der Waals surface area contributed by atoms with E-state index in [2.05, 4.69) is 69.1 Å². The molecule has 0 aliphatic carbocycles. The van der Waals surface area contributed by atoms with Gasteiger partial charge in [0, 0.05) is 36.3 Å². The van der Waals surface area contributed by atoms with Crippen LogP contribution in [0.4, 0.5) is 0 Å². The zero-order valence-electron chi connectivity index (χ0n) is 17.9. The van der Waals surface area contributed by atoms with Gasteiger partial charge in [0.15, 0.2) is 0 Å². The number of carbonyl (C=O) groups is 2. The van der Waals surface area contributed by atoms with Crippen molar-refractivity contribution in [1.29, 1.82) is 0 Å². The van der Waals surface area contributed by atoms with Crippen LogP contribution in [-0.2, 0) is 22.7 Å². The number of fused-ring (bicyclic) bond motifs is 2. The first-order chi connectivity index (χ1) is 15.5. The van der Waals surface area contributed by atoms with Crippen LogP contribution in [0.3, 0.4) is 0 Å². The number of hydrogen-bond acceptors (Lipinski definition) is 6. The monoisotopic (exact) mass is 434 g/mol. The van der Waals surface area contributed by atoms with Gasteiger partial charge in [0.2, 0.25) is 0 Å². The molecule has 4 N–H and O–H groups in total. The van der Waals surface area contributed by atoms with Crippen molar-refractivity contribution in [2.75, 3.05) is 14.1 Å². The summed E-state index contributed by atoms with van der Waals surface area (Å²) >= 11 is 0. The number of aliphatic carboxylic acids is 2. The summed E-state index contributed by atoms with van der Waals surface area (Å²) in [6.07, 6.45) is 3.67. The van der Waals surface area contributed by atoms with Crippen molar-refractivity contribution in [3.8, 4) is 0 Å². The number of para-hydroxylation sites is 2. The Bertz CT molecular complexity index is 1080. The Balaban J connectivity index is 0.000000183. The lowest BCUT2D eigenvalue weighted by molar-refractivity contribution is -0.159. The third-order valence-electron chi connectivity index (χ3n) is 4.35. The number of aromatic nitrogens is 2. The zero-order chi connectivity index (χ0) is 23.3. The minimum Gasteiger partial charge on any atom is -0.473 e. The third-order valence-corrected chi connectivity index (χ3v) is 4.35. The Hall–Kier alpha value is -3.88. The van der Waals surface area contributed by atoms with Crippen molar-refractivity contribution in [3.63, 3.8) is 0 Å². The van der Waals surface area contributed by atoms with Crippen LogP contribution in [0.25, 0.3) is 21.8 Å². The van der Waals surface area contributed by atoms with E-state index in [1.807, 2.05) is 38.6 Å². The Morgan fingerprint density at radius 2 is 1.06 bits per heavy atom. The van der Waals surface area contributed by atoms with Gasteiger partial charge < -0.3 is 20.8 Å². The molecule has 0 fully saturated rings. The highest BCUT2D eigenvalue weighted by Gasteiger charge is 2.04. The number of rotatable bonds is 4. The summed E-state index contributed by atoms with van der Waals surface area (Å²) in [6.45, 7) is 1.74. The van der Waals surface area contributed by atoms with Gasteiger partial charge in [-0.3, -0.25) is 9.97 Å². The fourth-order valence-corrected chi connectivity index (χ4v) is 3.00. The number of pyridine rings is 2. The van der Waals surface area contributed by atoms with E-state index < -0.39 is 11.9 Å². The van der Waals surface area contributed by atoms with E-state index in [9.17, 15) is 0 Å². The number of nitrogens with one attached hydrogen (secondary N) is 2. The predicted molar refractivity (Wildman–Crippen MR) is 124 cm³/mol. The van der Waals surface area contributed by atoms with Crippen LogP contribution in [0.1, 0.15) is 11.1 Å². The van der Waals surface area contributed by atoms with Gasteiger partial charge in [-0.1, -0.05) is 48.5 Å². The van der Waals surface area contributed by atoms with Gasteiger partial charge in [-0.15, -0.1) is 0 Å². The lowest BCUT2D eigenvalue weighted by Gasteiger charge is -2.03. The van der Waals surface area contributed by atoms with Crippen molar-refractivity contribution in [1.82, 2.24) is 20.6 Å². The van der Waals surface area contributed by atoms with Crippen LogP contribution >= 0.6 is 0 Å². The number of nitrogens with zero attached hydrogens (tertiary/aromatic N) is 2. The second kappa shape index (κ2) is 12.7. The van der Waals surface area contributed by atoms with Crippen molar-refractivity contribution < 1.29 is 19.8 Å². The fourth-order valence-electron chi connectivity index (χ4n) is 3.00. The average Bonchev–Trinajstić information content (AvgIpc) is 2.81. The molecular weight excluding hydrogens is 408 g/mol. The topological polar surface area (TPSA) is 124 Å². The summed E-state index contributed by atoms with van der Waals surface area (Å²) < 4.78 is 0. The number of carboxylic acids is 2. The van der Waals surface area contributed by atoms with Crippen molar-refractivity contribution in [2.24, 2.45) is 0 Å². The van der Waals surface area contributed by atoms with Crippen LogP contribution in [-0.4, -0.2) is 46.2 Å². The van der Waals surface area contributed by atoms with Gasteiger partial charge >= 0.3 is 11.9 Å². The zero-order valence-corrected chi connectivity index (χ0v) is 17.9. The Labute approximate surface area is 186 Å². The first kappa shape index (κ1) is 24.4. The third kappa shape index (κ3) is 7.12. The average molecular weight is 434 g/mol. The molecule has 8 heteroatoms. The highest BCUT2D eigenvalue weighted by atomic mass is 16.4. The fraction of sp³-hybridized carbons (Fsp3) is 0.167. The molecule has 0 radical (unpaired) electrons. The molecule has 0 atom stereocenters. The van der Waals surface area contributed by atoms with E-state index in [1.54, 1.807) is 0 Å². The second-order valence-corrected chi connectivity index (χ2v) is 6.66. The van der Waals surface area contributed by atoms with E-state index >= 15 is 0 Å². The van der Waals surface area contributed by atoms with Crippen LogP contribution in [0.2, 0.25) is 0 Å². The van der Waals surface area contributed by atoms with Crippen LogP contribution in [0, 0.1) is 0 Å². The van der Waals surface area contributed by atoms with E-state index in [1.165, 1.54) is 21.9 Å². The van der Waals surface area contributed by atoms with Crippen LogP contribution in [0.5, 0.6) is 0 Å². The molecule has 2 aromatic heterocycles. The maximum absolute atomic E-state index is 9.10. The van der Waals surface area contributed by atoms with E-state index in [4.69, 9.17) is 19.8 Å². The normalized spacial score (nSPS) is 9.94. The van der Waals surface area contributed by atoms with Gasteiger partial charge in [-0.05, 0) is 37.4 Å². The summed E-state index contributed by atoms with van der Waals surface area (Å²) in [5.74, 6) is -3.65. The van der Waals surface area contributed by atoms with Gasteiger partial charge in [-0.2, -0.15) is 0 Å². The van der Waals surface area contributed by atoms with Crippen LogP contribution in [0.15, 0.2) is 73.1 Å². The highest BCUT2D eigenvalue weighted by Crippen LogP contribution is 2.16. The minimum absolute atomic E-state index is 0.869. The summed E-state index contributed by atoms with van der Waals surface area (Å²) in [4.78, 5) is 26.9. The predicted octanol–water partition coefficient (Wildman–Crippen LogP) is 3.06. The lowest BCUT2D eigenvalue weighted by Crippen LogP contribution is -2.09. The minimum atomic E-state index is -1.82. The van der Waals surface area contributed by atoms with Gasteiger partial charge in [-0.25, -0.2) is 9.59 Å². The Morgan fingerprint density at radius 1 is 0.688 bits per heavy atom. The van der Waals surface area contributed by atoms with Gasteiger partial charge in [0.05, 0.1) is 11.0 Å². The quantitative estimate of drug-likeness (QED) is 0.361. The Kier molecular flexibility index (Phi) is 9.70. The Morgan fingerprint density at radius 3 is 1.41 bits per heavy atom. The molecule has 4 aromatic rings. The standard InChI is InChI=1S/2C11H12N2.C2H2O4/c2*1-12-8-10-5-2-4-9-6-3-7-13-11(9)10;3-1(4)2(5)6/h2*2-7,12H,8H2,1H3;(H,3,4)(H,5,6). The summed E-state index contributed by atoms with van der Waals surface area (Å²) in [5, 5.41) is 23.5. The maximum Gasteiger partial charge on any atom is 0.414 e. The molecule has 0 aliphatic heterocycles. The molecule has 0 unspecified atom stereocenters. The molecule has 0 saturated carbocycles. The maximum atomic E-state index is 9.10. The first-order valence-corrected chi connectivity index (χ1v) is 9.88. The van der Waals surface area contributed by atoms with Gasteiger partial charge in [0.25, 0.3) is 0 Å². The molecule has 0 spiro atoms. The van der Waals surface area contributed by atoms with Crippen molar-refractivity contribution in [3.05, 3.63) is 84.2 Å². The van der Waals surface area contributed by atoms with E-state index in [0.717, 1.165) is 24.1 Å². The summed E-state index contributed by atoms with van der Waals surface area (Å²) in [6, 6.07) is 20.6. The molecule has 32 heavy (non-hydrogen) atoms. The number of hydrogen-bond donors (Lipinski definition) is 4. The molecule has 0 amide bonds. The molecule has 166 valence electrons. The highest BCUT2D eigenvalue weighted by molar-refractivity contribution is 6.27. The van der Waals surface area contributed by atoms with Crippen molar-refractivity contribution in [2.45, 2.75) is 13.1 Å². The first-order valence-electron chi connectivity index (χ1n) is 9.88. The molecule has 0 bridgehead atoms. The molecule has 0 aliphatic rings. The number of carboxylic acid groups (broad SMARTS) is 2. The number of benzene rings is 2. The van der Waals surface area contributed by atoms with Gasteiger partial charge in [0.1, 0.15) is 0 Å². The molecular formula is C24H26N4O4. The lowest BCUT2D eigenvalue weighted by atomic mass is 10.1. The molecule has 8 nitrogen and oxygen atoms in total. The van der Waals surface area contributed by atoms with Crippen molar-refractivity contribution >= 4 is 33.7 Å². The SMILES string of the molecule is CNCc1cccc2cccnc12.CNCc1cccc2cccnc12.O=C(O)C(=O)O. The largest absolute Gasteiger partial charge is 0.473 e. The molecule has 2 heterocycles. The molecule has 2 aromatic carbocycles. The molecule has 0 saturated heterocycles. The summed E-state index contributed by atoms with van der Waals surface area (Å²) in [5.41, 5.74) is 4.69. The molecule has 4 rings (SSSR count). The smallest absolute Gasteiger partial charge is 0.414 e. The van der Waals surface area contributed by atoms with E-state index in [-0.39, 0.29) is 0 Å². The second-order valence-electron chi connectivity index (χ2n) is 6.66. The summed E-state index contributed by atoms with van der Waals surface area (Å²) in [7, 11) is 3.89. The van der Waals surface area contributed by atoms with Crippen LogP contribution < -0.4 is 10.6 Å².